The second-order valence-electron chi connectivity index (χ2n) is 5.02. The molecule has 0 spiro atoms. The quantitative estimate of drug-likeness (QED) is 0.447. The van der Waals surface area contributed by atoms with Crippen LogP contribution in [0.25, 0.3) is 0 Å². The first-order chi connectivity index (χ1) is 9.28. The first-order valence-electron chi connectivity index (χ1n) is 6.94. The van der Waals surface area contributed by atoms with E-state index in [9.17, 15) is 0 Å². The van der Waals surface area contributed by atoms with Gasteiger partial charge in [0.2, 0.25) is 0 Å². The molecule has 1 aromatic carbocycles. The Morgan fingerprint density at radius 1 is 1.30 bits per heavy atom. The molecule has 1 aliphatic carbocycles. The molecule has 20 heavy (non-hydrogen) atoms. The van der Waals surface area contributed by atoms with E-state index in [1.165, 1.54) is 12.8 Å². The Morgan fingerprint density at radius 2 is 2.00 bits per heavy atom. The van der Waals surface area contributed by atoms with Gasteiger partial charge in [-0.15, -0.1) is 24.0 Å². The molecule has 1 saturated carbocycles. The van der Waals surface area contributed by atoms with E-state index < -0.39 is 0 Å². The highest BCUT2D eigenvalue weighted by atomic mass is 127. The summed E-state index contributed by atoms with van der Waals surface area (Å²) >= 11 is 0. The maximum atomic E-state index is 5.80. The molecule has 1 aliphatic rings. The number of aliphatic imine (C=N–C) groups is 1. The van der Waals surface area contributed by atoms with E-state index >= 15 is 0 Å². The van der Waals surface area contributed by atoms with Gasteiger partial charge in [0, 0.05) is 13.6 Å². The van der Waals surface area contributed by atoms with Crippen LogP contribution in [0, 0.1) is 5.92 Å². The minimum absolute atomic E-state index is 0. The fraction of sp³-hybridized carbons (Fsp3) is 0.533. The first-order valence-corrected chi connectivity index (χ1v) is 6.94. The van der Waals surface area contributed by atoms with Crippen molar-refractivity contribution in [2.45, 2.75) is 25.9 Å². The lowest BCUT2D eigenvalue weighted by Crippen LogP contribution is -2.42. The molecule has 2 N–H and O–H groups in total. The topological polar surface area (TPSA) is 45.7 Å². The summed E-state index contributed by atoms with van der Waals surface area (Å²) in [5, 5.41) is 6.62. The average molecular weight is 389 g/mol. The van der Waals surface area contributed by atoms with Crippen molar-refractivity contribution in [1.82, 2.24) is 10.6 Å². The molecule has 0 radical (unpaired) electrons. The average Bonchev–Trinajstić information content (AvgIpc) is 3.24. The zero-order valence-corrected chi connectivity index (χ0v) is 14.5. The lowest BCUT2D eigenvalue weighted by atomic mass is 10.3. The molecule has 5 heteroatoms. The van der Waals surface area contributed by atoms with E-state index in [1.807, 2.05) is 37.3 Å². The standard InChI is InChI=1S/C15H23N3O.HI/c1-12(19-14-6-4-3-5-7-14)10-17-15(16-2)18-11-13-8-9-13;/h3-7,12-13H,8-11H2,1-2H3,(H2,16,17,18);1H. The van der Waals surface area contributed by atoms with E-state index in [1.54, 1.807) is 7.05 Å². The first kappa shape index (κ1) is 17.1. The molecule has 0 saturated heterocycles. The van der Waals surface area contributed by atoms with Crippen LogP contribution < -0.4 is 15.4 Å². The molecule has 1 fully saturated rings. The molecular formula is C15H24IN3O. The van der Waals surface area contributed by atoms with E-state index in [-0.39, 0.29) is 30.1 Å². The second-order valence-corrected chi connectivity index (χ2v) is 5.02. The van der Waals surface area contributed by atoms with Crippen LogP contribution in [0.3, 0.4) is 0 Å². The third-order valence-corrected chi connectivity index (χ3v) is 3.12. The lowest BCUT2D eigenvalue weighted by molar-refractivity contribution is 0.224. The van der Waals surface area contributed by atoms with Crippen LogP contribution in [0.5, 0.6) is 5.75 Å². The molecule has 4 nitrogen and oxygen atoms in total. The third-order valence-electron chi connectivity index (χ3n) is 3.12. The van der Waals surface area contributed by atoms with Gasteiger partial charge in [0.1, 0.15) is 11.9 Å². The smallest absolute Gasteiger partial charge is 0.191 e. The van der Waals surface area contributed by atoms with Crippen molar-refractivity contribution in [3.63, 3.8) is 0 Å². The lowest BCUT2D eigenvalue weighted by Gasteiger charge is -2.17. The van der Waals surface area contributed by atoms with Gasteiger partial charge in [-0.1, -0.05) is 18.2 Å². The molecule has 112 valence electrons. The Morgan fingerprint density at radius 3 is 2.60 bits per heavy atom. The highest BCUT2D eigenvalue weighted by Crippen LogP contribution is 2.27. The molecule has 2 rings (SSSR count). The van der Waals surface area contributed by atoms with Crippen LogP contribution in [0.15, 0.2) is 35.3 Å². The van der Waals surface area contributed by atoms with Gasteiger partial charge in [-0.25, -0.2) is 0 Å². The van der Waals surface area contributed by atoms with E-state index in [0.29, 0.717) is 0 Å². The Balaban J connectivity index is 0.00000200. The van der Waals surface area contributed by atoms with Crippen molar-refractivity contribution >= 4 is 29.9 Å². The van der Waals surface area contributed by atoms with Gasteiger partial charge in [0.05, 0.1) is 6.54 Å². The van der Waals surface area contributed by atoms with E-state index in [2.05, 4.69) is 15.6 Å². The summed E-state index contributed by atoms with van der Waals surface area (Å²) in [6.07, 6.45) is 2.79. The number of ether oxygens (including phenoxy) is 1. The molecular weight excluding hydrogens is 365 g/mol. The van der Waals surface area contributed by atoms with Crippen LogP contribution in [-0.4, -0.2) is 32.2 Å². The molecule has 1 aromatic rings. The Kier molecular flexibility index (Phi) is 7.72. The molecule has 0 bridgehead atoms. The number of hydrogen-bond acceptors (Lipinski definition) is 2. The number of para-hydroxylation sites is 1. The summed E-state index contributed by atoms with van der Waals surface area (Å²) in [7, 11) is 1.80. The molecule has 1 atom stereocenters. The van der Waals surface area contributed by atoms with E-state index in [4.69, 9.17) is 4.74 Å². The number of nitrogens with one attached hydrogen (secondary N) is 2. The zero-order valence-electron chi connectivity index (χ0n) is 12.1. The van der Waals surface area contributed by atoms with Crippen molar-refractivity contribution in [1.29, 1.82) is 0 Å². The summed E-state index contributed by atoms with van der Waals surface area (Å²) in [4.78, 5) is 4.21. The van der Waals surface area contributed by atoms with Gasteiger partial charge in [0.25, 0.3) is 0 Å². The number of halogens is 1. The van der Waals surface area contributed by atoms with Crippen molar-refractivity contribution in [3.05, 3.63) is 30.3 Å². The van der Waals surface area contributed by atoms with Crippen LogP contribution in [0.4, 0.5) is 0 Å². The normalized spacial score (nSPS) is 16.0. The largest absolute Gasteiger partial charge is 0.489 e. The monoisotopic (exact) mass is 389 g/mol. The number of benzene rings is 1. The predicted octanol–water partition coefficient (Wildman–Crippen LogP) is 2.65. The number of guanidine groups is 1. The molecule has 0 amide bonds. The highest BCUT2D eigenvalue weighted by molar-refractivity contribution is 14.0. The second kappa shape index (κ2) is 9.05. The summed E-state index contributed by atoms with van der Waals surface area (Å²) in [6.45, 7) is 3.81. The maximum absolute atomic E-state index is 5.80. The Hall–Kier alpha value is -0.980. The zero-order chi connectivity index (χ0) is 13.5. The van der Waals surface area contributed by atoms with Crippen molar-refractivity contribution < 1.29 is 4.74 Å². The Labute approximate surface area is 138 Å². The minimum Gasteiger partial charge on any atom is -0.489 e. The fourth-order valence-corrected chi connectivity index (χ4v) is 1.80. The fourth-order valence-electron chi connectivity index (χ4n) is 1.80. The van der Waals surface area contributed by atoms with Crippen LogP contribution in [0.1, 0.15) is 19.8 Å². The maximum Gasteiger partial charge on any atom is 0.191 e. The minimum atomic E-state index is 0. The summed E-state index contributed by atoms with van der Waals surface area (Å²) in [6, 6.07) is 9.88. The van der Waals surface area contributed by atoms with Crippen LogP contribution >= 0.6 is 24.0 Å². The molecule has 0 aromatic heterocycles. The predicted molar refractivity (Wildman–Crippen MR) is 94.0 cm³/mol. The number of hydrogen-bond donors (Lipinski definition) is 2. The van der Waals surface area contributed by atoms with Gasteiger partial charge in [-0.2, -0.15) is 0 Å². The molecule has 1 unspecified atom stereocenters. The summed E-state index contributed by atoms with van der Waals surface area (Å²) in [5.41, 5.74) is 0. The third kappa shape index (κ3) is 6.45. The number of rotatable bonds is 6. The number of nitrogens with zero attached hydrogens (tertiary/aromatic N) is 1. The van der Waals surface area contributed by atoms with Gasteiger partial charge < -0.3 is 15.4 Å². The Bertz CT molecular complexity index is 407. The van der Waals surface area contributed by atoms with Gasteiger partial charge >= 0.3 is 0 Å². The highest BCUT2D eigenvalue weighted by Gasteiger charge is 2.21. The van der Waals surface area contributed by atoms with Crippen molar-refractivity contribution in [2.75, 3.05) is 20.1 Å². The SMILES string of the molecule is CN=C(NCC1CC1)NCC(C)Oc1ccccc1.I. The summed E-state index contributed by atoms with van der Waals surface area (Å²) < 4.78 is 5.80. The molecule has 0 aliphatic heterocycles. The molecule has 0 heterocycles. The van der Waals surface area contributed by atoms with Crippen LogP contribution in [-0.2, 0) is 0 Å². The summed E-state index contributed by atoms with van der Waals surface area (Å²) in [5.74, 6) is 2.60. The van der Waals surface area contributed by atoms with Gasteiger partial charge in [0.15, 0.2) is 5.96 Å². The van der Waals surface area contributed by atoms with Gasteiger partial charge in [-0.3, -0.25) is 4.99 Å². The van der Waals surface area contributed by atoms with Crippen molar-refractivity contribution in [3.8, 4) is 5.75 Å². The van der Waals surface area contributed by atoms with Crippen LogP contribution in [0.2, 0.25) is 0 Å². The van der Waals surface area contributed by atoms with E-state index in [0.717, 1.165) is 30.7 Å². The van der Waals surface area contributed by atoms with Gasteiger partial charge in [-0.05, 0) is 37.8 Å². The van der Waals surface area contributed by atoms with Crippen molar-refractivity contribution in [2.24, 2.45) is 10.9 Å².